The highest BCUT2D eigenvalue weighted by Gasteiger charge is 2.53. The lowest BCUT2D eigenvalue weighted by Gasteiger charge is -2.29. The van der Waals surface area contributed by atoms with Gasteiger partial charge in [-0.3, -0.25) is 19.2 Å². The monoisotopic (exact) mass is 538 g/mol. The molecule has 4 aliphatic rings. The smallest absolute Gasteiger partial charge is 0.343 e. The Balaban J connectivity index is 1.27. The van der Waals surface area contributed by atoms with Crippen molar-refractivity contribution in [2.45, 2.75) is 44.8 Å². The molecule has 4 heterocycles. The van der Waals surface area contributed by atoms with E-state index in [1.165, 1.54) is 15.9 Å². The van der Waals surface area contributed by atoms with Crippen LogP contribution in [-0.4, -0.2) is 103 Å². The maximum absolute atomic E-state index is 13.7. The predicted molar refractivity (Wildman–Crippen MR) is 140 cm³/mol. The molecule has 0 bridgehead atoms. The van der Waals surface area contributed by atoms with Crippen LogP contribution in [0.3, 0.4) is 0 Å². The summed E-state index contributed by atoms with van der Waals surface area (Å²) < 4.78 is 10.2. The number of likely N-dealkylation sites (tertiary alicyclic amines) is 2. The molecule has 208 valence electrons. The number of amides is 3. The maximum Gasteiger partial charge on any atom is 0.343 e. The van der Waals surface area contributed by atoms with Gasteiger partial charge in [-0.15, -0.1) is 0 Å². The first-order valence-corrected chi connectivity index (χ1v) is 13.5. The van der Waals surface area contributed by atoms with E-state index in [9.17, 15) is 24.0 Å². The normalized spacial score (nSPS) is 23.6. The van der Waals surface area contributed by atoms with Crippen molar-refractivity contribution in [3.63, 3.8) is 0 Å². The van der Waals surface area contributed by atoms with E-state index in [-0.39, 0.29) is 48.8 Å². The molecule has 3 unspecified atom stereocenters. The number of nitrogens with zero attached hydrogens (tertiary/aromatic N) is 3. The SMILES string of the molecule is CC(C)CC(NC(=O)c1ccc(N2CCOCC2)cc1)C(=O)N1CCC2C1C(=O)CN2C(=O)C1=CCOC1=O. The molecule has 0 aromatic heterocycles. The molecule has 1 N–H and O–H groups in total. The highest BCUT2D eigenvalue weighted by Crippen LogP contribution is 2.32. The van der Waals surface area contributed by atoms with Gasteiger partial charge in [0.15, 0.2) is 5.78 Å². The molecule has 3 amide bonds. The van der Waals surface area contributed by atoms with Crippen molar-refractivity contribution in [1.29, 1.82) is 0 Å². The first-order chi connectivity index (χ1) is 18.7. The Hall–Kier alpha value is -3.73. The van der Waals surface area contributed by atoms with E-state index < -0.39 is 30.0 Å². The molecule has 0 spiro atoms. The van der Waals surface area contributed by atoms with Gasteiger partial charge in [0.25, 0.3) is 11.8 Å². The number of ether oxygens (including phenoxy) is 2. The van der Waals surface area contributed by atoms with Crippen LogP contribution in [0.1, 0.15) is 37.0 Å². The average Bonchev–Trinajstić information content (AvgIpc) is 3.64. The summed E-state index contributed by atoms with van der Waals surface area (Å²) in [6, 6.07) is 5.15. The van der Waals surface area contributed by atoms with Crippen LogP contribution in [0.15, 0.2) is 35.9 Å². The van der Waals surface area contributed by atoms with Crippen LogP contribution >= 0.6 is 0 Å². The van der Waals surface area contributed by atoms with Crippen LogP contribution < -0.4 is 10.2 Å². The number of Topliss-reactive ketones (excluding diaryl/α,β-unsaturated/α-hetero) is 1. The Kier molecular flexibility index (Phi) is 7.69. The second kappa shape index (κ2) is 11.2. The standard InChI is InChI=1S/C28H34N4O7/c1-17(2)15-21(29-25(34)18-3-5-19(6-4-18)30-10-13-38-14-11-30)27(36)31-9-7-22-24(31)23(33)16-32(22)26(35)20-8-12-39-28(20)37/h3-6,8,17,21-22,24H,7,9-16H2,1-2H3,(H,29,34). The van der Waals surface area contributed by atoms with Crippen LogP contribution in [0.2, 0.25) is 0 Å². The van der Waals surface area contributed by atoms with Gasteiger partial charge in [-0.05, 0) is 49.1 Å². The van der Waals surface area contributed by atoms with Gasteiger partial charge in [-0.1, -0.05) is 13.8 Å². The van der Waals surface area contributed by atoms with Gasteiger partial charge in [0.2, 0.25) is 5.91 Å². The summed E-state index contributed by atoms with van der Waals surface area (Å²) >= 11 is 0. The zero-order valence-electron chi connectivity index (χ0n) is 22.3. The number of nitrogens with one attached hydrogen (secondary N) is 1. The average molecular weight is 539 g/mol. The Bertz CT molecular complexity index is 1190. The van der Waals surface area contributed by atoms with Crippen molar-refractivity contribution in [3.05, 3.63) is 41.5 Å². The molecule has 11 heteroatoms. The number of fused-ring (bicyclic) bond motifs is 1. The van der Waals surface area contributed by atoms with Gasteiger partial charge in [-0.2, -0.15) is 0 Å². The lowest BCUT2D eigenvalue weighted by molar-refractivity contribution is -0.140. The Morgan fingerprint density at radius 2 is 1.74 bits per heavy atom. The van der Waals surface area contributed by atoms with Gasteiger partial charge >= 0.3 is 5.97 Å². The number of morpholine rings is 1. The summed E-state index contributed by atoms with van der Waals surface area (Å²) in [5.74, 6) is -2.07. The first kappa shape index (κ1) is 26.9. The molecule has 3 saturated heterocycles. The second-order valence-electron chi connectivity index (χ2n) is 10.8. The number of ketones is 1. The molecule has 11 nitrogen and oxygen atoms in total. The van der Waals surface area contributed by atoms with Crippen molar-refractivity contribution < 1.29 is 33.4 Å². The molecule has 4 aliphatic heterocycles. The molecule has 0 radical (unpaired) electrons. The molecular formula is C28H34N4O7. The van der Waals surface area contributed by atoms with Crippen LogP contribution in [0.5, 0.6) is 0 Å². The van der Waals surface area contributed by atoms with E-state index in [4.69, 9.17) is 9.47 Å². The zero-order valence-corrected chi connectivity index (χ0v) is 22.3. The Labute approximate surface area is 227 Å². The highest BCUT2D eigenvalue weighted by atomic mass is 16.5. The summed E-state index contributed by atoms with van der Waals surface area (Å²) in [6.45, 7) is 6.99. The number of rotatable bonds is 7. The van der Waals surface area contributed by atoms with Crippen molar-refractivity contribution in [2.24, 2.45) is 5.92 Å². The highest BCUT2D eigenvalue weighted by molar-refractivity contribution is 6.18. The third-order valence-electron chi connectivity index (χ3n) is 7.73. The van der Waals surface area contributed by atoms with Crippen LogP contribution in [0.25, 0.3) is 0 Å². The van der Waals surface area contributed by atoms with Gasteiger partial charge in [0.1, 0.15) is 24.3 Å². The van der Waals surface area contributed by atoms with Gasteiger partial charge in [0.05, 0.1) is 25.8 Å². The van der Waals surface area contributed by atoms with Gasteiger partial charge < -0.3 is 29.5 Å². The number of hydrogen-bond acceptors (Lipinski definition) is 8. The fraction of sp³-hybridized carbons (Fsp3) is 0.536. The number of carbonyl (C=O) groups is 5. The third-order valence-corrected chi connectivity index (χ3v) is 7.73. The van der Waals surface area contributed by atoms with Crippen molar-refractivity contribution in [3.8, 4) is 0 Å². The second-order valence-corrected chi connectivity index (χ2v) is 10.8. The number of hydrogen-bond donors (Lipinski definition) is 1. The number of esters is 1. The van der Waals surface area contributed by atoms with Crippen LogP contribution in [-0.2, 0) is 28.7 Å². The van der Waals surface area contributed by atoms with Gasteiger partial charge in [-0.25, -0.2) is 4.79 Å². The molecule has 3 fully saturated rings. The van der Waals surface area contributed by atoms with E-state index >= 15 is 0 Å². The Morgan fingerprint density at radius 3 is 2.38 bits per heavy atom. The molecule has 0 saturated carbocycles. The lowest BCUT2D eigenvalue weighted by atomic mass is 10.0. The molecular weight excluding hydrogens is 504 g/mol. The first-order valence-electron chi connectivity index (χ1n) is 13.5. The van der Waals surface area contributed by atoms with E-state index in [1.54, 1.807) is 12.1 Å². The fourth-order valence-corrected chi connectivity index (χ4v) is 5.81. The van der Waals surface area contributed by atoms with E-state index in [1.807, 2.05) is 26.0 Å². The van der Waals surface area contributed by atoms with E-state index in [0.29, 0.717) is 31.6 Å². The minimum Gasteiger partial charge on any atom is -0.458 e. The number of carbonyl (C=O) groups excluding carboxylic acids is 5. The number of benzene rings is 1. The molecule has 3 atom stereocenters. The quantitative estimate of drug-likeness (QED) is 0.394. The Morgan fingerprint density at radius 1 is 1.03 bits per heavy atom. The zero-order chi connectivity index (χ0) is 27.7. The predicted octanol–water partition coefficient (Wildman–Crippen LogP) is 0.532. The van der Waals surface area contributed by atoms with E-state index in [0.717, 1.165) is 18.8 Å². The fourth-order valence-electron chi connectivity index (χ4n) is 5.81. The molecule has 0 aliphatic carbocycles. The summed E-state index contributed by atoms with van der Waals surface area (Å²) in [4.78, 5) is 69.8. The largest absolute Gasteiger partial charge is 0.458 e. The van der Waals surface area contributed by atoms with E-state index in [2.05, 4.69) is 10.2 Å². The minimum absolute atomic E-state index is 0.0346. The lowest BCUT2D eigenvalue weighted by Crippen LogP contribution is -2.53. The summed E-state index contributed by atoms with van der Waals surface area (Å²) in [6.07, 6.45) is 2.24. The minimum atomic E-state index is -0.819. The summed E-state index contributed by atoms with van der Waals surface area (Å²) in [7, 11) is 0. The number of cyclic esters (lactones) is 1. The van der Waals surface area contributed by atoms with Crippen LogP contribution in [0, 0.1) is 5.92 Å². The molecule has 1 aromatic carbocycles. The van der Waals surface area contributed by atoms with Crippen LogP contribution in [0.4, 0.5) is 5.69 Å². The molecule has 5 rings (SSSR count). The summed E-state index contributed by atoms with van der Waals surface area (Å²) in [5, 5.41) is 2.89. The van der Waals surface area contributed by atoms with Crippen molar-refractivity contribution in [1.82, 2.24) is 15.1 Å². The number of anilines is 1. The topological polar surface area (TPSA) is 126 Å². The van der Waals surface area contributed by atoms with Gasteiger partial charge in [0, 0.05) is 30.9 Å². The summed E-state index contributed by atoms with van der Waals surface area (Å²) in [5.41, 5.74) is 1.38. The maximum atomic E-state index is 13.7. The third kappa shape index (κ3) is 5.40. The molecule has 39 heavy (non-hydrogen) atoms. The van der Waals surface area contributed by atoms with Crippen molar-refractivity contribution >= 4 is 35.2 Å². The van der Waals surface area contributed by atoms with Crippen molar-refractivity contribution in [2.75, 3.05) is 50.9 Å². The molecule has 1 aromatic rings.